The number of Topliss-reactive ketones (excluding diaryl/α,β-unsaturated/α-hetero) is 1. The molecule has 20 heavy (non-hydrogen) atoms. The Morgan fingerprint density at radius 1 is 1.45 bits per heavy atom. The van der Waals surface area contributed by atoms with Gasteiger partial charge in [0.1, 0.15) is 0 Å². The number of nitrogens with zero attached hydrogens (tertiary/aromatic N) is 2. The van der Waals surface area contributed by atoms with Crippen molar-refractivity contribution in [2.45, 2.75) is 46.8 Å². The van der Waals surface area contributed by atoms with Gasteiger partial charge in [-0.25, -0.2) is 0 Å². The summed E-state index contributed by atoms with van der Waals surface area (Å²) in [6.07, 6.45) is 0.550. The van der Waals surface area contributed by atoms with Crippen molar-refractivity contribution in [3.05, 3.63) is 23.0 Å². The number of carbonyl (C=O) groups is 1. The van der Waals surface area contributed by atoms with Crippen molar-refractivity contribution in [3.63, 3.8) is 0 Å². The Labute approximate surface area is 121 Å². The van der Waals surface area contributed by atoms with Gasteiger partial charge in [0.15, 0.2) is 5.78 Å². The highest BCUT2D eigenvalue weighted by molar-refractivity contribution is 5.99. The number of hydrogen-bond donors (Lipinski definition) is 1. The second-order valence-electron chi connectivity index (χ2n) is 6.02. The van der Waals surface area contributed by atoms with Crippen molar-refractivity contribution in [1.29, 1.82) is 0 Å². The largest absolute Gasteiger partial charge is 0.393 e. The van der Waals surface area contributed by atoms with Crippen molar-refractivity contribution in [2.75, 3.05) is 19.6 Å². The highest BCUT2D eigenvalue weighted by Gasteiger charge is 2.26. The average Bonchev–Trinajstić information content (AvgIpc) is 2.69. The molecule has 1 N–H and O–H groups in total. The van der Waals surface area contributed by atoms with Gasteiger partial charge < -0.3 is 9.67 Å². The van der Waals surface area contributed by atoms with Crippen molar-refractivity contribution in [3.8, 4) is 0 Å². The second kappa shape index (κ2) is 6.10. The fraction of sp³-hybridized carbons (Fsp3) is 0.688. The summed E-state index contributed by atoms with van der Waals surface area (Å²) in [5, 5.41) is 9.75. The number of aliphatic hydroxyl groups excluding tert-OH is 1. The van der Waals surface area contributed by atoms with E-state index in [1.54, 1.807) is 0 Å². The number of piperidine rings is 1. The molecule has 2 heterocycles. The molecule has 0 radical (unpaired) electrons. The molecule has 0 saturated carbocycles. The van der Waals surface area contributed by atoms with Crippen LogP contribution in [0, 0.1) is 19.8 Å². The van der Waals surface area contributed by atoms with Gasteiger partial charge in [-0.2, -0.15) is 0 Å². The molecule has 2 atom stereocenters. The molecular weight excluding hydrogens is 252 g/mol. The van der Waals surface area contributed by atoms with Crippen LogP contribution in [0.1, 0.15) is 42.0 Å². The Kier molecular flexibility index (Phi) is 4.66. The van der Waals surface area contributed by atoms with E-state index in [9.17, 15) is 9.90 Å². The molecule has 0 bridgehead atoms. The molecule has 0 spiro atoms. The molecule has 1 aliphatic rings. The summed E-state index contributed by atoms with van der Waals surface area (Å²) in [4.78, 5) is 14.7. The van der Waals surface area contributed by atoms with Gasteiger partial charge in [0.2, 0.25) is 0 Å². The van der Waals surface area contributed by atoms with E-state index in [0.29, 0.717) is 6.54 Å². The van der Waals surface area contributed by atoms with Crippen molar-refractivity contribution < 1.29 is 9.90 Å². The van der Waals surface area contributed by atoms with Gasteiger partial charge in [-0.15, -0.1) is 0 Å². The van der Waals surface area contributed by atoms with Crippen molar-refractivity contribution in [1.82, 2.24) is 9.47 Å². The molecular formula is C16H26N2O2. The van der Waals surface area contributed by atoms with E-state index < -0.39 is 0 Å². The predicted octanol–water partition coefficient (Wildman–Crippen LogP) is 2.01. The lowest BCUT2D eigenvalue weighted by molar-refractivity contribution is 0.0344. The number of aromatic nitrogens is 1. The van der Waals surface area contributed by atoms with Crippen LogP contribution >= 0.6 is 0 Å². The zero-order chi connectivity index (χ0) is 14.9. The van der Waals surface area contributed by atoms with Gasteiger partial charge in [0, 0.05) is 36.6 Å². The zero-order valence-corrected chi connectivity index (χ0v) is 13.0. The van der Waals surface area contributed by atoms with Crippen LogP contribution in [0.4, 0.5) is 0 Å². The number of rotatable bonds is 4. The van der Waals surface area contributed by atoms with Gasteiger partial charge >= 0.3 is 0 Å². The maximum atomic E-state index is 12.5. The topological polar surface area (TPSA) is 45.5 Å². The molecule has 2 unspecified atom stereocenters. The summed E-state index contributed by atoms with van der Waals surface area (Å²) >= 11 is 0. The molecule has 0 aromatic carbocycles. The van der Waals surface area contributed by atoms with E-state index in [4.69, 9.17) is 0 Å². The Balaban J connectivity index is 2.05. The summed E-state index contributed by atoms with van der Waals surface area (Å²) < 4.78 is 2.18. The van der Waals surface area contributed by atoms with E-state index in [-0.39, 0.29) is 17.8 Å². The molecule has 4 nitrogen and oxygen atoms in total. The summed E-state index contributed by atoms with van der Waals surface area (Å²) in [7, 11) is 0. The lowest BCUT2D eigenvalue weighted by Gasteiger charge is -2.33. The smallest absolute Gasteiger partial charge is 0.178 e. The SMILES string of the molecule is CCn1c(C)cc(C(=O)CN2CCC(O)C(C)C2)c1C. The molecule has 112 valence electrons. The zero-order valence-electron chi connectivity index (χ0n) is 13.0. The van der Waals surface area contributed by atoms with Crippen LogP contribution in [-0.2, 0) is 6.54 Å². The predicted molar refractivity (Wildman–Crippen MR) is 80.1 cm³/mol. The molecule has 2 rings (SSSR count). The third-order valence-electron chi connectivity index (χ3n) is 4.50. The Bertz CT molecular complexity index is 493. The summed E-state index contributed by atoms with van der Waals surface area (Å²) in [6, 6.07) is 2.00. The van der Waals surface area contributed by atoms with Crippen LogP contribution in [0.2, 0.25) is 0 Å². The third-order valence-corrected chi connectivity index (χ3v) is 4.50. The minimum atomic E-state index is -0.216. The van der Waals surface area contributed by atoms with Crippen molar-refractivity contribution in [2.24, 2.45) is 5.92 Å². The molecule has 1 aliphatic heterocycles. The number of carbonyl (C=O) groups excluding carboxylic acids is 1. The van der Waals surface area contributed by atoms with Crippen LogP contribution < -0.4 is 0 Å². The maximum Gasteiger partial charge on any atom is 0.178 e. The van der Waals surface area contributed by atoms with Crippen LogP contribution in [0.25, 0.3) is 0 Å². The van der Waals surface area contributed by atoms with Gasteiger partial charge in [-0.1, -0.05) is 6.92 Å². The van der Waals surface area contributed by atoms with Crippen LogP contribution in [0.15, 0.2) is 6.07 Å². The minimum absolute atomic E-state index is 0.196. The van der Waals surface area contributed by atoms with Crippen molar-refractivity contribution >= 4 is 5.78 Å². The Morgan fingerprint density at radius 2 is 2.15 bits per heavy atom. The molecule has 1 saturated heterocycles. The number of likely N-dealkylation sites (tertiary alicyclic amines) is 1. The van der Waals surface area contributed by atoms with Gasteiger partial charge in [0.25, 0.3) is 0 Å². The van der Waals surface area contributed by atoms with E-state index >= 15 is 0 Å². The van der Waals surface area contributed by atoms with E-state index in [1.165, 1.54) is 0 Å². The first-order chi connectivity index (χ1) is 9.43. The number of ketones is 1. The first-order valence-electron chi connectivity index (χ1n) is 7.54. The normalized spacial score (nSPS) is 24.1. The molecule has 4 heteroatoms. The van der Waals surface area contributed by atoms with Gasteiger partial charge in [0.05, 0.1) is 12.6 Å². The summed E-state index contributed by atoms with van der Waals surface area (Å²) in [6.45, 7) is 11.2. The fourth-order valence-electron chi connectivity index (χ4n) is 3.22. The molecule has 1 fully saturated rings. The Hall–Kier alpha value is -1.13. The van der Waals surface area contributed by atoms with Crippen LogP contribution in [-0.4, -0.2) is 46.1 Å². The third kappa shape index (κ3) is 2.96. The highest BCUT2D eigenvalue weighted by atomic mass is 16.3. The highest BCUT2D eigenvalue weighted by Crippen LogP contribution is 2.19. The molecule has 0 aliphatic carbocycles. The number of aryl methyl sites for hydroxylation is 1. The quantitative estimate of drug-likeness (QED) is 0.857. The standard InChI is InChI=1S/C16H26N2O2/c1-5-18-12(3)8-14(13(18)4)16(20)10-17-7-6-15(19)11(2)9-17/h8,11,15,19H,5-7,9-10H2,1-4H3. The van der Waals surface area contributed by atoms with Gasteiger partial charge in [-0.05, 0) is 39.2 Å². The number of aliphatic hydroxyl groups is 1. The lowest BCUT2D eigenvalue weighted by Crippen LogP contribution is -2.44. The van der Waals surface area contributed by atoms with Gasteiger partial charge in [-0.3, -0.25) is 9.69 Å². The summed E-state index contributed by atoms with van der Waals surface area (Å²) in [5.41, 5.74) is 3.07. The minimum Gasteiger partial charge on any atom is -0.393 e. The van der Waals surface area contributed by atoms with Crippen LogP contribution in [0.5, 0.6) is 0 Å². The monoisotopic (exact) mass is 278 g/mol. The second-order valence-corrected chi connectivity index (χ2v) is 6.02. The first-order valence-corrected chi connectivity index (χ1v) is 7.54. The average molecular weight is 278 g/mol. The van der Waals surface area contributed by atoms with E-state index in [1.807, 2.05) is 26.8 Å². The molecule has 1 aromatic heterocycles. The summed E-state index contributed by atoms with van der Waals surface area (Å²) in [5.74, 6) is 0.445. The first kappa shape index (κ1) is 15.3. The molecule has 0 amide bonds. The maximum absolute atomic E-state index is 12.5. The lowest BCUT2D eigenvalue weighted by atomic mass is 9.96. The van der Waals surface area contributed by atoms with E-state index in [2.05, 4.69) is 16.4 Å². The van der Waals surface area contributed by atoms with Crippen LogP contribution in [0.3, 0.4) is 0 Å². The fourth-order valence-corrected chi connectivity index (χ4v) is 3.22. The molecule has 1 aromatic rings. The van der Waals surface area contributed by atoms with E-state index in [0.717, 1.165) is 43.0 Å². The Morgan fingerprint density at radius 3 is 2.70 bits per heavy atom. The number of hydrogen-bond acceptors (Lipinski definition) is 3.